The van der Waals surface area contributed by atoms with Crippen LogP contribution in [-0.2, 0) is 0 Å². The molecule has 0 radical (unpaired) electrons. The number of aliphatic hydroxyl groups excluding tert-OH is 1. The molecule has 0 aliphatic heterocycles. The Labute approximate surface area is 86.9 Å². The molecule has 1 unspecified atom stereocenters. The minimum absolute atomic E-state index is 0.307. The van der Waals surface area contributed by atoms with Crippen LogP contribution in [0.1, 0.15) is 11.7 Å². The van der Waals surface area contributed by atoms with Gasteiger partial charge in [-0.3, -0.25) is 0 Å². The van der Waals surface area contributed by atoms with Crippen LogP contribution in [0.3, 0.4) is 0 Å². The van der Waals surface area contributed by atoms with Gasteiger partial charge in [0, 0.05) is 15.4 Å². The van der Waals surface area contributed by atoms with Gasteiger partial charge in [0.15, 0.2) is 0 Å². The van der Waals surface area contributed by atoms with Gasteiger partial charge < -0.3 is 5.11 Å². The molecular formula is C8H7Br2FO. The zero-order chi connectivity index (χ0) is 9.14. The van der Waals surface area contributed by atoms with Gasteiger partial charge in [-0.25, -0.2) is 4.39 Å². The fourth-order valence-electron chi connectivity index (χ4n) is 0.853. The van der Waals surface area contributed by atoms with Gasteiger partial charge in [0.1, 0.15) is 5.82 Å². The summed E-state index contributed by atoms with van der Waals surface area (Å²) in [5.74, 6) is -0.384. The summed E-state index contributed by atoms with van der Waals surface area (Å²) in [6.07, 6.45) is -0.789. The molecule has 0 aliphatic rings. The lowest BCUT2D eigenvalue weighted by molar-refractivity contribution is 0.200. The maximum absolute atomic E-state index is 13.0. The van der Waals surface area contributed by atoms with Gasteiger partial charge in [0.05, 0.1) is 6.10 Å². The smallest absolute Gasteiger partial charge is 0.129 e. The molecule has 0 amide bonds. The van der Waals surface area contributed by atoms with E-state index in [1.54, 1.807) is 12.1 Å². The molecule has 0 aliphatic carbocycles. The van der Waals surface area contributed by atoms with Crippen molar-refractivity contribution < 1.29 is 9.50 Å². The number of aliphatic hydroxyl groups is 1. The summed E-state index contributed by atoms with van der Waals surface area (Å²) in [5, 5.41) is 9.66. The van der Waals surface area contributed by atoms with Crippen molar-refractivity contribution in [2.24, 2.45) is 0 Å². The van der Waals surface area contributed by atoms with Crippen molar-refractivity contribution in [1.82, 2.24) is 0 Å². The molecule has 0 aromatic heterocycles. The van der Waals surface area contributed by atoms with Crippen LogP contribution >= 0.6 is 31.9 Å². The highest BCUT2D eigenvalue weighted by molar-refractivity contribution is 9.10. The van der Waals surface area contributed by atoms with E-state index in [1.165, 1.54) is 6.07 Å². The van der Waals surface area contributed by atoms with Crippen molar-refractivity contribution >= 4 is 31.9 Å². The molecule has 0 saturated heterocycles. The molecule has 1 N–H and O–H groups in total. The van der Waals surface area contributed by atoms with E-state index in [9.17, 15) is 9.50 Å². The fourth-order valence-corrected chi connectivity index (χ4v) is 1.58. The summed E-state index contributed by atoms with van der Waals surface area (Å²) in [7, 11) is 0. The van der Waals surface area contributed by atoms with Gasteiger partial charge >= 0.3 is 0 Å². The zero-order valence-electron chi connectivity index (χ0n) is 6.10. The van der Waals surface area contributed by atoms with E-state index in [0.717, 1.165) is 4.47 Å². The van der Waals surface area contributed by atoms with Crippen molar-refractivity contribution in [2.75, 3.05) is 5.33 Å². The Balaban J connectivity index is 3.04. The molecular weight excluding hydrogens is 291 g/mol. The fraction of sp³-hybridized carbons (Fsp3) is 0.250. The molecule has 1 nitrogen and oxygen atoms in total. The van der Waals surface area contributed by atoms with Crippen LogP contribution in [0.25, 0.3) is 0 Å². The average molecular weight is 298 g/mol. The molecule has 0 heterocycles. The third kappa shape index (κ3) is 2.28. The first-order valence-corrected chi connectivity index (χ1v) is 5.25. The Morgan fingerprint density at radius 1 is 1.50 bits per heavy atom. The first-order chi connectivity index (χ1) is 5.65. The molecule has 1 rings (SSSR count). The van der Waals surface area contributed by atoms with E-state index < -0.39 is 6.10 Å². The normalized spacial score (nSPS) is 13.0. The summed E-state index contributed by atoms with van der Waals surface area (Å²) in [6.45, 7) is 0. The van der Waals surface area contributed by atoms with Crippen molar-refractivity contribution in [3.63, 3.8) is 0 Å². The number of hydrogen-bond donors (Lipinski definition) is 1. The molecule has 0 saturated carbocycles. The Hall–Kier alpha value is 0.0700. The molecule has 0 fully saturated rings. The second-order valence-corrected chi connectivity index (χ2v) is 3.90. The second kappa shape index (κ2) is 4.35. The lowest BCUT2D eigenvalue weighted by Gasteiger charge is -2.08. The first kappa shape index (κ1) is 10.2. The van der Waals surface area contributed by atoms with Crippen LogP contribution in [0.2, 0.25) is 0 Å². The van der Waals surface area contributed by atoms with E-state index in [0.29, 0.717) is 10.9 Å². The molecule has 66 valence electrons. The predicted octanol–water partition coefficient (Wildman–Crippen LogP) is 3.02. The monoisotopic (exact) mass is 296 g/mol. The van der Waals surface area contributed by atoms with E-state index >= 15 is 0 Å². The third-order valence-electron chi connectivity index (χ3n) is 1.46. The Morgan fingerprint density at radius 2 is 2.17 bits per heavy atom. The highest BCUT2D eigenvalue weighted by atomic mass is 79.9. The summed E-state index contributed by atoms with van der Waals surface area (Å²) < 4.78 is 13.8. The molecule has 12 heavy (non-hydrogen) atoms. The number of alkyl halides is 1. The van der Waals surface area contributed by atoms with Crippen LogP contribution in [-0.4, -0.2) is 10.4 Å². The second-order valence-electron chi connectivity index (χ2n) is 2.34. The van der Waals surface area contributed by atoms with Gasteiger partial charge in [-0.1, -0.05) is 31.9 Å². The molecule has 0 bridgehead atoms. The maximum atomic E-state index is 13.0. The van der Waals surface area contributed by atoms with Gasteiger partial charge in [-0.05, 0) is 18.2 Å². The summed E-state index contributed by atoms with van der Waals surface area (Å²) >= 11 is 6.28. The quantitative estimate of drug-likeness (QED) is 0.832. The first-order valence-electron chi connectivity index (χ1n) is 3.34. The average Bonchev–Trinajstić information content (AvgIpc) is 2.08. The molecule has 1 aromatic carbocycles. The summed E-state index contributed by atoms with van der Waals surface area (Å²) in [6, 6.07) is 4.49. The Kier molecular flexibility index (Phi) is 3.68. The Bertz CT molecular complexity index is 278. The van der Waals surface area contributed by atoms with Crippen molar-refractivity contribution in [2.45, 2.75) is 6.10 Å². The standard InChI is InChI=1S/C8H7Br2FO/c9-4-8(12)6-3-5(10)1-2-7(6)11/h1-3,8,12H,4H2. The van der Waals surface area contributed by atoms with E-state index in [2.05, 4.69) is 31.9 Å². The topological polar surface area (TPSA) is 20.2 Å². The van der Waals surface area contributed by atoms with E-state index in [-0.39, 0.29) is 5.82 Å². The molecule has 1 aromatic rings. The number of benzene rings is 1. The SMILES string of the molecule is OC(CBr)c1cc(Br)ccc1F. The van der Waals surface area contributed by atoms with Gasteiger partial charge in [0.25, 0.3) is 0 Å². The zero-order valence-corrected chi connectivity index (χ0v) is 9.27. The number of hydrogen-bond acceptors (Lipinski definition) is 1. The maximum Gasteiger partial charge on any atom is 0.129 e. The molecule has 1 atom stereocenters. The van der Waals surface area contributed by atoms with Crippen LogP contribution in [0.5, 0.6) is 0 Å². The minimum atomic E-state index is -0.789. The Morgan fingerprint density at radius 3 is 2.75 bits per heavy atom. The largest absolute Gasteiger partial charge is 0.387 e. The molecule has 4 heteroatoms. The van der Waals surface area contributed by atoms with Gasteiger partial charge in [-0.2, -0.15) is 0 Å². The van der Waals surface area contributed by atoms with Crippen molar-refractivity contribution in [3.05, 3.63) is 34.1 Å². The van der Waals surface area contributed by atoms with Crippen LogP contribution in [0.15, 0.2) is 22.7 Å². The third-order valence-corrected chi connectivity index (χ3v) is 2.57. The highest BCUT2D eigenvalue weighted by Gasteiger charge is 2.11. The highest BCUT2D eigenvalue weighted by Crippen LogP contribution is 2.22. The van der Waals surface area contributed by atoms with Crippen LogP contribution in [0.4, 0.5) is 4.39 Å². The minimum Gasteiger partial charge on any atom is -0.387 e. The number of rotatable bonds is 2. The van der Waals surface area contributed by atoms with Crippen molar-refractivity contribution in [3.8, 4) is 0 Å². The van der Waals surface area contributed by atoms with Crippen LogP contribution in [0, 0.1) is 5.82 Å². The lowest BCUT2D eigenvalue weighted by Crippen LogP contribution is -2.01. The van der Waals surface area contributed by atoms with E-state index in [1.807, 2.05) is 0 Å². The predicted molar refractivity (Wildman–Crippen MR) is 52.9 cm³/mol. The molecule has 0 spiro atoms. The van der Waals surface area contributed by atoms with Gasteiger partial charge in [0.2, 0.25) is 0 Å². The summed E-state index contributed by atoms with van der Waals surface area (Å²) in [4.78, 5) is 0. The van der Waals surface area contributed by atoms with Crippen LogP contribution < -0.4 is 0 Å². The van der Waals surface area contributed by atoms with Crippen molar-refractivity contribution in [1.29, 1.82) is 0 Å². The van der Waals surface area contributed by atoms with E-state index in [4.69, 9.17) is 0 Å². The summed E-state index contributed by atoms with van der Waals surface area (Å²) in [5.41, 5.74) is 0.307. The number of halogens is 3. The lowest BCUT2D eigenvalue weighted by atomic mass is 10.1. The van der Waals surface area contributed by atoms with Gasteiger partial charge in [-0.15, -0.1) is 0 Å².